The van der Waals surface area contributed by atoms with Crippen LogP contribution < -0.4 is 0 Å². The van der Waals surface area contributed by atoms with Crippen molar-refractivity contribution in [2.45, 2.75) is 38.8 Å². The van der Waals surface area contributed by atoms with Crippen LogP contribution in [0.4, 0.5) is 0 Å². The first-order valence-electron chi connectivity index (χ1n) is 7.08. The quantitative estimate of drug-likeness (QED) is 0.444. The average Bonchev–Trinajstić information content (AvgIpc) is 2.99. The third-order valence-electron chi connectivity index (χ3n) is 4.29. The summed E-state index contributed by atoms with van der Waals surface area (Å²) in [5.41, 5.74) is 3.03. The Labute approximate surface area is 118 Å². The number of hydrogen-bond donors (Lipinski definition) is 0. The Balaban J connectivity index is 2.02. The highest BCUT2D eigenvalue weighted by Crippen LogP contribution is 2.38. The second-order valence-electron chi connectivity index (χ2n) is 6.00. The molecule has 2 aliphatic carbocycles. The van der Waals surface area contributed by atoms with Gasteiger partial charge in [0.1, 0.15) is 8.07 Å². The van der Waals surface area contributed by atoms with E-state index in [1.807, 2.05) is 12.2 Å². The highest BCUT2D eigenvalue weighted by atomic mass is 28.3. The molecule has 0 unspecified atom stereocenters. The molecule has 0 saturated carbocycles. The molecule has 0 atom stereocenters. The molecule has 0 bridgehead atoms. The molecule has 2 rings (SSSR count). The van der Waals surface area contributed by atoms with E-state index in [0.29, 0.717) is 0 Å². The summed E-state index contributed by atoms with van der Waals surface area (Å²) in [6.45, 7) is 12.6. The summed E-state index contributed by atoms with van der Waals surface area (Å²) >= 11 is 0. The maximum atomic E-state index is 3.84. The summed E-state index contributed by atoms with van der Waals surface area (Å²) in [5, 5.41) is 3.34. The van der Waals surface area contributed by atoms with Crippen molar-refractivity contribution in [3.8, 4) is 0 Å². The molecule has 0 radical (unpaired) electrons. The van der Waals surface area contributed by atoms with Crippen molar-refractivity contribution in [3.05, 3.63) is 71.2 Å². The molecule has 1 heteroatoms. The van der Waals surface area contributed by atoms with E-state index in [4.69, 9.17) is 0 Å². The van der Waals surface area contributed by atoms with Gasteiger partial charge in [0.15, 0.2) is 0 Å². The van der Waals surface area contributed by atoms with Gasteiger partial charge >= 0.3 is 0 Å². The molecule has 19 heavy (non-hydrogen) atoms. The van der Waals surface area contributed by atoms with Gasteiger partial charge in [0.05, 0.1) is 0 Å². The van der Waals surface area contributed by atoms with Gasteiger partial charge in [-0.25, -0.2) is 0 Å². The van der Waals surface area contributed by atoms with Gasteiger partial charge in [-0.15, -0.1) is 13.2 Å². The molecule has 0 heterocycles. The van der Waals surface area contributed by atoms with Gasteiger partial charge in [0, 0.05) is 0 Å². The fourth-order valence-electron chi connectivity index (χ4n) is 2.88. The maximum Gasteiger partial charge on any atom is 0.103 e. The summed E-state index contributed by atoms with van der Waals surface area (Å²) in [5.74, 6) is 0. The van der Waals surface area contributed by atoms with Crippen molar-refractivity contribution in [1.29, 1.82) is 0 Å². The molecule has 0 saturated heterocycles. The van der Waals surface area contributed by atoms with Crippen molar-refractivity contribution in [1.82, 2.24) is 0 Å². The average molecular weight is 268 g/mol. The van der Waals surface area contributed by atoms with Gasteiger partial charge in [-0.3, -0.25) is 0 Å². The van der Waals surface area contributed by atoms with Crippen LogP contribution in [0.2, 0.25) is 13.1 Å². The lowest BCUT2D eigenvalue weighted by Gasteiger charge is -2.27. The van der Waals surface area contributed by atoms with Crippen LogP contribution in [0.15, 0.2) is 71.2 Å². The second kappa shape index (κ2) is 5.75. The first-order valence-corrected chi connectivity index (χ1v) is 10.1. The van der Waals surface area contributed by atoms with E-state index in [9.17, 15) is 0 Å². The summed E-state index contributed by atoms with van der Waals surface area (Å²) in [4.78, 5) is 0. The number of hydrogen-bond acceptors (Lipinski definition) is 0. The third-order valence-corrected chi connectivity index (χ3v) is 8.19. The van der Waals surface area contributed by atoms with Gasteiger partial charge in [-0.05, 0) is 25.7 Å². The van der Waals surface area contributed by atoms with Crippen molar-refractivity contribution in [2.75, 3.05) is 0 Å². The van der Waals surface area contributed by atoms with Crippen LogP contribution in [0, 0.1) is 0 Å². The molecule has 0 aromatic rings. The van der Waals surface area contributed by atoms with E-state index >= 15 is 0 Å². The fraction of sp³-hybridized carbons (Fsp3) is 0.333. The number of allylic oxidation sites excluding steroid dienone is 10. The Bertz CT molecular complexity index is 464. The summed E-state index contributed by atoms with van der Waals surface area (Å²) < 4.78 is 0. The Morgan fingerprint density at radius 3 is 1.68 bits per heavy atom. The minimum atomic E-state index is -1.43. The Morgan fingerprint density at radius 2 is 1.32 bits per heavy atom. The van der Waals surface area contributed by atoms with Crippen LogP contribution in [-0.2, 0) is 0 Å². The van der Waals surface area contributed by atoms with Crippen molar-refractivity contribution in [2.24, 2.45) is 0 Å². The first kappa shape index (κ1) is 14.1. The molecule has 0 fully saturated rings. The van der Waals surface area contributed by atoms with Crippen LogP contribution in [-0.4, -0.2) is 8.07 Å². The van der Waals surface area contributed by atoms with Crippen LogP contribution in [0.25, 0.3) is 0 Å². The van der Waals surface area contributed by atoms with Gasteiger partial charge in [-0.2, -0.15) is 0 Å². The molecule has 0 N–H and O–H groups in total. The molecule has 0 aliphatic heterocycles. The largest absolute Gasteiger partial charge is 0.103 e. The topological polar surface area (TPSA) is 0 Å². The zero-order valence-corrected chi connectivity index (χ0v) is 13.2. The van der Waals surface area contributed by atoms with Gasteiger partial charge in [0.25, 0.3) is 0 Å². The lowest BCUT2D eigenvalue weighted by molar-refractivity contribution is 1.09. The Morgan fingerprint density at radius 1 is 0.895 bits per heavy atom. The van der Waals surface area contributed by atoms with Gasteiger partial charge < -0.3 is 0 Å². The van der Waals surface area contributed by atoms with Crippen molar-refractivity contribution >= 4 is 8.07 Å². The predicted octanol–water partition coefficient (Wildman–Crippen LogP) is 5.44. The molecule has 0 aromatic heterocycles. The molecule has 0 aromatic carbocycles. The van der Waals surface area contributed by atoms with Gasteiger partial charge in [-0.1, -0.05) is 71.1 Å². The normalized spacial score (nSPS) is 18.6. The lowest BCUT2D eigenvalue weighted by Crippen LogP contribution is -2.31. The number of rotatable bonds is 6. The van der Waals surface area contributed by atoms with Crippen LogP contribution in [0.1, 0.15) is 25.7 Å². The highest BCUT2D eigenvalue weighted by molar-refractivity contribution is 6.90. The molecule has 0 spiro atoms. The van der Waals surface area contributed by atoms with Crippen LogP contribution >= 0.6 is 0 Å². The van der Waals surface area contributed by atoms with Crippen LogP contribution in [0.3, 0.4) is 0 Å². The van der Waals surface area contributed by atoms with Gasteiger partial charge in [0.2, 0.25) is 0 Å². The van der Waals surface area contributed by atoms with E-state index < -0.39 is 8.07 Å². The van der Waals surface area contributed by atoms with E-state index in [1.165, 1.54) is 24.0 Å². The molecular formula is C18H24Si. The monoisotopic (exact) mass is 268 g/mol. The summed E-state index contributed by atoms with van der Waals surface area (Å²) in [6, 6.07) is 0. The first-order chi connectivity index (χ1) is 9.07. The SMILES string of the molecule is C=CCC1=CC=C([Si](C)(C)C2=CC=C(CC=C)C2)C1. The van der Waals surface area contributed by atoms with E-state index in [2.05, 4.69) is 50.6 Å². The fourth-order valence-corrected chi connectivity index (χ4v) is 5.63. The molecule has 100 valence electrons. The summed E-state index contributed by atoms with van der Waals surface area (Å²) in [6.07, 6.45) is 17.8. The summed E-state index contributed by atoms with van der Waals surface area (Å²) in [7, 11) is -1.43. The minimum Gasteiger partial charge on any atom is -0.103 e. The van der Waals surface area contributed by atoms with E-state index in [1.54, 1.807) is 10.4 Å². The smallest absolute Gasteiger partial charge is 0.103 e. The minimum absolute atomic E-state index is 1.03. The standard InChI is InChI=1S/C18H24Si/c1-5-7-15-9-11-17(13-15)19(3,4)18-12-10-16(14-18)8-6-2/h5-6,9-12H,1-2,7-8,13-14H2,3-4H3. The highest BCUT2D eigenvalue weighted by Gasteiger charge is 2.33. The Kier molecular flexibility index (Phi) is 4.26. The van der Waals surface area contributed by atoms with E-state index in [-0.39, 0.29) is 0 Å². The zero-order chi connectivity index (χ0) is 13.9. The molecular weight excluding hydrogens is 244 g/mol. The third kappa shape index (κ3) is 2.98. The molecule has 0 nitrogen and oxygen atoms in total. The maximum absolute atomic E-state index is 3.84. The zero-order valence-electron chi connectivity index (χ0n) is 12.2. The lowest BCUT2D eigenvalue weighted by atomic mass is 10.2. The van der Waals surface area contributed by atoms with Crippen LogP contribution in [0.5, 0.6) is 0 Å². The van der Waals surface area contributed by atoms with Crippen molar-refractivity contribution in [3.63, 3.8) is 0 Å². The second-order valence-corrected chi connectivity index (χ2v) is 10.5. The molecule has 2 aliphatic rings. The molecule has 0 amide bonds. The van der Waals surface area contributed by atoms with Crippen molar-refractivity contribution < 1.29 is 0 Å². The Hall–Kier alpha value is -1.34. The van der Waals surface area contributed by atoms with E-state index in [0.717, 1.165) is 12.8 Å². The predicted molar refractivity (Wildman–Crippen MR) is 88.7 cm³/mol.